The molecule has 0 bridgehead atoms. The van der Waals surface area contributed by atoms with E-state index in [0.717, 1.165) is 12.8 Å². The Morgan fingerprint density at radius 2 is 2.00 bits per heavy atom. The first kappa shape index (κ1) is 20.1. The normalized spacial score (nSPS) is 43.3. The number of hydrogen-bond donors (Lipinski definition) is 1. The summed E-state index contributed by atoms with van der Waals surface area (Å²) in [7, 11) is 1.67. The molecule has 1 N–H and O–H groups in total. The molecule has 6 atom stereocenters. The van der Waals surface area contributed by atoms with Crippen LogP contribution >= 0.6 is 0 Å². The number of ether oxygens (including phenoxy) is 4. The molecule has 0 aromatic heterocycles. The highest BCUT2D eigenvalue weighted by Crippen LogP contribution is 2.59. The highest BCUT2D eigenvalue weighted by atomic mass is 16.6. The fourth-order valence-corrected chi connectivity index (χ4v) is 5.18. The smallest absolute Gasteiger partial charge is 0.410 e. The van der Waals surface area contributed by atoms with Crippen molar-refractivity contribution in [2.45, 2.75) is 82.1 Å². The SMILES string of the molecule is CO[C@@H]1[C@H](OC(=O)N2CC(C)(O)C2)CCC2(CO2)[C@H]1[C@@]1(C)O[C@@H]1CC=C(C)C. The molecule has 4 fully saturated rings. The zero-order valence-corrected chi connectivity index (χ0v) is 17.6. The molecule has 1 spiro atoms. The lowest BCUT2D eigenvalue weighted by atomic mass is 9.68. The summed E-state index contributed by atoms with van der Waals surface area (Å²) in [6.45, 7) is 9.35. The van der Waals surface area contributed by atoms with Crippen LogP contribution in [0, 0.1) is 5.92 Å². The van der Waals surface area contributed by atoms with Gasteiger partial charge in [0, 0.05) is 7.11 Å². The Hall–Kier alpha value is -1.15. The van der Waals surface area contributed by atoms with Crippen LogP contribution in [0.2, 0.25) is 0 Å². The lowest BCUT2D eigenvalue weighted by molar-refractivity contribution is -0.133. The molecular weight excluding hydrogens is 362 g/mol. The van der Waals surface area contributed by atoms with Crippen LogP contribution < -0.4 is 0 Å². The molecule has 3 heterocycles. The largest absolute Gasteiger partial charge is 0.443 e. The fourth-order valence-electron chi connectivity index (χ4n) is 5.18. The third-order valence-corrected chi connectivity index (χ3v) is 6.81. The second-order valence-electron chi connectivity index (χ2n) is 9.65. The van der Waals surface area contributed by atoms with Crippen LogP contribution in [0.1, 0.15) is 47.0 Å². The lowest BCUT2D eigenvalue weighted by Gasteiger charge is -2.46. The summed E-state index contributed by atoms with van der Waals surface area (Å²) in [6.07, 6.45) is 3.75. The van der Waals surface area contributed by atoms with Crippen LogP contribution in [0.3, 0.4) is 0 Å². The Morgan fingerprint density at radius 1 is 1.32 bits per heavy atom. The van der Waals surface area contributed by atoms with Crippen LogP contribution in [0.15, 0.2) is 11.6 Å². The highest BCUT2D eigenvalue weighted by molar-refractivity contribution is 5.69. The molecule has 158 valence electrons. The van der Waals surface area contributed by atoms with Crippen molar-refractivity contribution in [2.75, 3.05) is 26.8 Å². The number of rotatable bonds is 5. The van der Waals surface area contributed by atoms with Gasteiger partial charge in [0.15, 0.2) is 0 Å². The predicted octanol–water partition coefficient (Wildman–Crippen LogP) is 2.27. The van der Waals surface area contributed by atoms with Crippen molar-refractivity contribution in [3.63, 3.8) is 0 Å². The average Bonchev–Trinajstić information content (AvgIpc) is 3.50. The topological polar surface area (TPSA) is 84.1 Å². The Balaban J connectivity index is 1.46. The number of nitrogens with zero attached hydrogens (tertiary/aromatic N) is 1. The van der Waals surface area contributed by atoms with Crippen molar-refractivity contribution in [1.82, 2.24) is 4.90 Å². The Morgan fingerprint density at radius 3 is 2.54 bits per heavy atom. The summed E-state index contributed by atoms with van der Waals surface area (Å²) in [5.41, 5.74) is -0.0965. The first-order valence-electron chi connectivity index (χ1n) is 10.3. The average molecular weight is 395 g/mol. The minimum atomic E-state index is -0.811. The summed E-state index contributed by atoms with van der Waals surface area (Å²) in [5, 5.41) is 9.88. The standard InChI is InChI=1S/C21H33NO6/c1-13(2)6-7-15-20(4,28-15)17-16(25-5)14(8-9-21(17)12-26-21)27-18(23)22-10-19(3,24)11-22/h6,14-17,24H,7-12H2,1-5H3/t14-,15-,16-,17-,20+,21?/m1/s1. The number of epoxide rings is 2. The molecule has 4 rings (SSSR count). The van der Waals surface area contributed by atoms with Crippen LogP contribution in [0.4, 0.5) is 4.79 Å². The number of amides is 1. The van der Waals surface area contributed by atoms with Crippen LogP contribution in [-0.4, -0.2) is 78.0 Å². The van der Waals surface area contributed by atoms with Crippen molar-refractivity contribution in [3.8, 4) is 0 Å². The molecule has 0 aromatic rings. The number of aliphatic hydroxyl groups is 1. The van der Waals surface area contributed by atoms with E-state index >= 15 is 0 Å². The van der Waals surface area contributed by atoms with E-state index < -0.39 is 5.60 Å². The number of carbonyl (C=O) groups excluding carboxylic acids is 1. The maximum atomic E-state index is 12.5. The van der Waals surface area contributed by atoms with Crippen LogP contribution in [-0.2, 0) is 18.9 Å². The first-order chi connectivity index (χ1) is 13.1. The van der Waals surface area contributed by atoms with Gasteiger partial charge in [-0.2, -0.15) is 0 Å². The highest BCUT2D eigenvalue weighted by Gasteiger charge is 2.72. The summed E-state index contributed by atoms with van der Waals surface area (Å²) in [4.78, 5) is 14.0. The van der Waals surface area contributed by atoms with Crippen LogP contribution in [0.25, 0.3) is 0 Å². The summed E-state index contributed by atoms with van der Waals surface area (Å²) < 4.78 is 23.8. The molecule has 0 radical (unpaired) electrons. The Bertz CT molecular complexity index is 660. The molecule has 7 heteroatoms. The van der Waals surface area contributed by atoms with Crippen molar-refractivity contribution in [2.24, 2.45) is 5.92 Å². The maximum absolute atomic E-state index is 12.5. The van der Waals surface area contributed by atoms with Gasteiger partial charge in [-0.05, 0) is 47.0 Å². The fraction of sp³-hybridized carbons (Fsp3) is 0.857. The first-order valence-corrected chi connectivity index (χ1v) is 10.3. The molecule has 28 heavy (non-hydrogen) atoms. The third kappa shape index (κ3) is 3.47. The van der Waals surface area contributed by atoms with Crippen molar-refractivity contribution in [1.29, 1.82) is 0 Å². The van der Waals surface area contributed by atoms with Gasteiger partial charge in [0.2, 0.25) is 0 Å². The van der Waals surface area contributed by atoms with Crippen molar-refractivity contribution >= 4 is 6.09 Å². The molecule has 7 nitrogen and oxygen atoms in total. The van der Waals surface area contributed by atoms with E-state index in [0.29, 0.717) is 26.1 Å². The molecular formula is C21H33NO6. The molecule has 0 aromatic carbocycles. The molecule has 4 aliphatic rings. The van der Waals surface area contributed by atoms with Crippen molar-refractivity contribution < 1.29 is 28.8 Å². The van der Waals surface area contributed by atoms with E-state index in [1.165, 1.54) is 10.5 Å². The second-order valence-corrected chi connectivity index (χ2v) is 9.65. The number of β-amino-alcohol motifs (C(OH)–C–C–N with tert-alkyl or cyclic N) is 1. The van der Waals surface area contributed by atoms with E-state index in [1.807, 2.05) is 0 Å². The lowest BCUT2D eigenvalue weighted by Crippen LogP contribution is -2.63. The summed E-state index contributed by atoms with van der Waals surface area (Å²) >= 11 is 0. The second kappa shape index (κ2) is 6.69. The Labute approximate surface area is 166 Å². The van der Waals surface area contributed by atoms with E-state index in [-0.39, 0.29) is 41.5 Å². The quantitative estimate of drug-likeness (QED) is 0.568. The number of carbonyl (C=O) groups is 1. The Kier molecular flexibility index (Phi) is 4.81. The minimum absolute atomic E-state index is 0.0200. The van der Waals surface area contributed by atoms with Gasteiger partial charge in [0.1, 0.15) is 23.4 Å². The van der Waals surface area contributed by atoms with Crippen LogP contribution in [0.5, 0.6) is 0 Å². The van der Waals surface area contributed by atoms with Gasteiger partial charge in [-0.1, -0.05) is 11.6 Å². The zero-order valence-electron chi connectivity index (χ0n) is 17.6. The molecule has 1 amide bonds. The molecule has 3 aliphatic heterocycles. The van der Waals surface area contributed by atoms with E-state index in [2.05, 4.69) is 26.8 Å². The monoisotopic (exact) mass is 395 g/mol. The predicted molar refractivity (Wildman–Crippen MR) is 102 cm³/mol. The van der Waals surface area contributed by atoms with Gasteiger partial charge in [-0.25, -0.2) is 4.79 Å². The maximum Gasteiger partial charge on any atom is 0.410 e. The number of allylic oxidation sites excluding steroid dienone is 1. The van der Waals surface area contributed by atoms with Gasteiger partial charge < -0.3 is 29.0 Å². The van der Waals surface area contributed by atoms with Gasteiger partial charge in [-0.3, -0.25) is 0 Å². The van der Waals surface area contributed by atoms with Gasteiger partial charge in [0.05, 0.1) is 37.3 Å². The van der Waals surface area contributed by atoms with Gasteiger partial charge in [-0.15, -0.1) is 0 Å². The summed E-state index contributed by atoms with van der Waals surface area (Å²) in [6, 6.07) is 0. The number of hydrogen-bond acceptors (Lipinski definition) is 6. The molecule has 1 unspecified atom stereocenters. The summed E-state index contributed by atoms with van der Waals surface area (Å²) in [5.74, 6) is 0.0200. The third-order valence-electron chi connectivity index (χ3n) is 6.81. The number of likely N-dealkylation sites (tertiary alicyclic amines) is 1. The van der Waals surface area contributed by atoms with Gasteiger partial charge in [0.25, 0.3) is 0 Å². The van der Waals surface area contributed by atoms with Crippen molar-refractivity contribution in [3.05, 3.63) is 11.6 Å². The van der Waals surface area contributed by atoms with Gasteiger partial charge >= 0.3 is 6.09 Å². The number of methoxy groups -OCH3 is 1. The molecule has 1 aliphatic carbocycles. The molecule has 1 saturated carbocycles. The minimum Gasteiger partial charge on any atom is -0.443 e. The van der Waals surface area contributed by atoms with E-state index in [4.69, 9.17) is 18.9 Å². The zero-order chi connectivity index (χ0) is 20.3. The molecule has 3 saturated heterocycles. The van der Waals surface area contributed by atoms with E-state index in [9.17, 15) is 9.90 Å². The van der Waals surface area contributed by atoms with E-state index in [1.54, 1.807) is 14.0 Å².